The summed E-state index contributed by atoms with van der Waals surface area (Å²) in [7, 11) is 0. The molecular formula is C14H8Br2F2N2O. The number of rotatable bonds is 1. The maximum Gasteiger partial charge on any atom is 0.251 e. The molecular weight excluding hydrogens is 410 g/mol. The molecule has 2 aromatic carbocycles. The van der Waals surface area contributed by atoms with Crippen LogP contribution in [0.2, 0.25) is 0 Å². The number of carbonyl (C=O) groups is 1. The molecule has 2 aromatic rings. The van der Waals surface area contributed by atoms with Crippen molar-refractivity contribution < 1.29 is 13.6 Å². The number of nitriles is 1. The molecule has 0 aliphatic heterocycles. The molecule has 0 radical (unpaired) electrons. The lowest BCUT2D eigenvalue weighted by molar-refractivity contribution is 0.0996. The van der Waals surface area contributed by atoms with Crippen LogP contribution >= 0.6 is 31.9 Å². The third-order valence-electron chi connectivity index (χ3n) is 2.25. The van der Waals surface area contributed by atoms with Gasteiger partial charge in [0.15, 0.2) is 0 Å². The average molecular weight is 418 g/mol. The largest absolute Gasteiger partial charge is 0.366 e. The molecule has 0 unspecified atom stereocenters. The van der Waals surface area contributed by atoms with Gasteiger partial charge in [0.2, 0.25) is 0 Å². The second-order valence-corrected chi connectivity index (χ2v) is 5.56. The number of nitrogens with two attached hydrogens (primary N) is 1. The SMILES string of the molecule is N#Cc1ccc(Br)cc1F.NC(=O)c1ccc(Br)cc1F. The summed E-state index contributed by atoms with van der Waals surface area (Å²) in [5.74, 6) is -1.85. The molecule has 108 valence electrons. The summed E-state index contributed by atoms with van der Waals surface area (Å²) in [6.45, 7) is 0. The number of carbonyl (C=O) groups excluding carboxylic acids is 1. The second kappa shape index (κ2) is 7.86. The van der Waals surface area contributed by atoms with E-state index in [1.54, 1.807) is 18.2 Å². The molecule has 21 heavy (non-hydrogen) atoms. The molecule has 2 N–H and O–H groups in total. The van der Waals surface area contributed by atoms with Crippen LogP contribution in [0.25, 0.3) is 0 Å². The predicted molar refractivity (Wildman–Crippen MR) is 81.4 cm³/mol. The van der Waals surface area contributed by atoms with Crippen molar-refractivity contribution in [2.45, 2.75) is 0 Å². The van der Waals surface area contributed by atoms with E-state index in [0.29, 0.717) is 8.95 Å². The van der Waals surface area contributed by atoms with Crippen molar-refractivity contribution in [3.63, 3.8) is 0 Å². The fourth-order valence-electron chi connectivity index (χ4n) is 1.27. The smallest absolute Gasteiger partial charge is 0.251 e. The van der Waals surface area contributed by atoms with E-state index >= 15 is 0 Å². The highest BCUT2D eigenvalue weighted by atomic mass is 79.9. The molecule has 1 amide bonds. The first-order valence-electron chi connectivity index (χ1n) is 5.45. The summed E-state index contributed by atoms with van der Waals surface area (Å²) < 4.78 is 26.6. The quantitative estimate of drug-likeness (QED) is 0.757. The molecule has 0 heterocycles. The lowest BCUT2D eigenvalue weighted by Crippen LogP contribution is -2.12. The molecule has 3 nitrogen and oxygen atoms in total. The van der Waals surface area contributed by atoms with Gasteiger partial charge >= 0.3 is 0 Å². The van der Waals surface area contributed by atoms with Gasteiger partial charge in [-0.3, -0.25) is 4.79 Å². The predicted octanol–water partition coefficient (Wildman–Crippen LogP) is 4.15. The fourth-order valence-corrected chi connectivity index (χ4v) is 1.94. The monoisotopic (exact) mass is 416 g/mol. The van der Waals surface area contributed by atoms with Gasteiger partial charge in [-0.1, -0.05) is 31.9 Å². The van der Waals surface area contributed by atoms with E-state index in [0.717, 1.165) is 0 Å². The zero-order chi connectivity index (χ0) is 16.0. The van der Waals surface area contributed by atoms with Crippen molar-refractivity contribution in [2.24, 2.45) is 5.73 Å². The highest BCUT2D eigenvalue weighted by Gasteiger charge is 2.06. The molecule has 0 saturated heterocycles. The number of benzene rings is 2. The molecule has 7 heteroatoms. The molecule has 0 aliphatic rings. The number of amides is 1. The van der Waals surface area contributed by atoms with Crippen LogP contribution in [0.15, 0.2) is 45.3 Å². The van der Waals surface area contributed by atoms with Crippen molar-refractivity contribution in [3.8, 4) is 6.07 Å². The Bertz CT molecular complexity index is 715. The first kappa shape index (κ1) is 17.3. The van der Waals surface area contributed by atoms with E-state index < -0.39 is 17.5 Å². The first-order chi connectivity index (χ1) is 9.85. The van der Waals surface area contributed by atoms with E-state index in [4.69, 9.17) is 11.0 Å². The third-order valence-corrected chi connectivity index (χ3v) is 3.23. The Kier molecular flexibility index (Phi) is 6.46. The van der Waals surface area contributed by atoms with Crippen LogP contribution in [-0.4, -0.2) is 5.91 Å². The molecule has 0 fully saturated rings. The van der Waals surface area contributed by atoms with Gasteiger partial charge in [0.1, 0.15) is 17.7 Å². The molecule has 0 aromatic heterocycles. The second-order valence-electron chi connectivity index (χ2n) is 3.72. The summed E-state index contributed by atoms with van der Waals surface area (Å²) in [4.78, 5) is 10.5. The summed E-state index contributed by atoms with van der Waals surface area (Å²) in [6, 6.07) is 10.1. The van der Waals surface area contributed by atoms with E-state index in [2.05, 4.69) is 31.9 Å². The van der Waals surface area contributed by atoms with Crippen LogP contribution in [0.4, 0.5) is 8.78 Å². The van der Waals surface area contributed by atoms with Gasteiger partial charge in [-0.15, -0.1) is 0 Å². The van der Waals surface area contributed by atoms with Gasteiger partial charge in [0, 0.05) is 8.95 Å². The Labute approximate surface area is 136 Å². The zero-order valence-electron chi connectivity index (χ0n) is 10.4. The van der Waals surface area contributed by atoms with E-state index in [9.17, 15) is 13.6 Å². The Balaban J connectivity index is 0.000000211. The highest BCUT2D eigenvalue weighted by molar-refractivity contribution is 9.10. The average Bonchev–Trinajstić information content (AvgIpc) is 2.39. The normalized spacial score (nSPS) is 9.29. The van der Waals surface area contributed by atoms with Gasteiger partial charge in [-0.2, -0.15) is 5.26 Å². The molecule has 0 aliphatic carbocycles. The van der Waals surface area contributed by atoms with Crippen molar-refractivity contribution in [1.29, 1.82) is 5.26 Å². The maximum atomic E-state index is 12.8. The summed E-state index contributed by atoms with van der Waals surface area (Å²) in [5, 5.41) is 8.30. The highest BCUT2D eigenvalue weighted by Crippen LogP contribution is 2.14. The minimum absolute atomic E-state index is 0.0724. The Morgan fingerprint density at radius 3 is 2.00 bits per heavy atom. The maximum absolute atomic E-state index is 12.8. The number of nitrogens with zero attached hydrogens (tertiary/aromatic N) is 1. The Morgan fingerprint density at radius 2 is 1.57 bits per heavy atom. The molecule has 2 rings (SSSR count). The summed E-state index contributed by atoms with van der Waals surface area (Å²) >= 11 is 6.13. The molecule has 0 saturated carbocycles. The van der Waals surface area contributed by atoms with Crippen LogP contribution in [-0.2, 0) is 0 Å². The number of halogens is 4. The zero-order valence-corrected chi connectivity index (χ0v) is 13.6. The van der Waals surface area contributed by atoms with Crippen molar-refractivity contribution in [2.75, 3.05) is 0 Å². The van der Waals surface area contributed by atoms with E-state index in [1.807, 2.05) is 0 Å². The van der Waals surface area contributed by atoms with Gasteiger partial charge in [-0.25, -0.2) is 8.78 Å². The number of primary amides is 1. The van der Waals surface area contributed by atoms with E-state index in [1.165, 1.54) is 24.3 Å². The van der Waals surface area contributed by atoms with Gasteiger partial charge < -0.3 is 5.73 Å². The number of hydrogen-bond donors (Lipinski definition) is 1. The van der Waals surface area contributed by atoms with Gasteiger partial charge in [-0.05, 0) is 36.4 Å². The first-order valence-corrected chi connectivity index (χ1v) is 7.03. The lowest BCUT2D eigenvalue weighted by Gasteiger charge is -1.96. The van der Waals surface area contributed by atoms with Crippen molar-refractivity contribution in [1.82, 2.24) is 0 Å². The Morgan fingerprint density at radius 1 is 1.05 bits per heavy atom. The van der Waals surface area contributed by atoms with E-state index in [-0.39, 0.29) is 11.1 Å². The lowest BCUT2D eigenvalue weighted by atomic mass is 10.2. The van der Waals surface area contributed by atoms with Crippen molar-refractivity contribution >= 4 is 37.8 Å². The fraction of sp³-hybridized carbons (Fsp3) is 0. The third kappa shape index (κ3) is 5.25. The minimum Gasteiger partial charge on any atom is -0.366 e. The summed E-state index contributed by atoms with van der Waals surface area (Å²) in [5.41, 5.74) is 4.85. The van der Waals surface area contributed by atoms with Crippen LogP contribution in [0.1, 0.15) is 15.9 Å². The van der Waals surface area contributed by atoms with Crippen LogP contribution < -0.4 is 5.73 Å². The number of hydrogen-bond acceptors (Lipinski definition) is 2. The standard InChI is InChI=1S/C7H5BrFNO.C7H3BrFN/c8-4-1-2-5(7(10)11)6(9)3-4;8-6-2-1-5(4-10)7(9)3-6/h1-3H,(H2,10,11);1-3H. The minimum atomic E-state index is -0.755. The van der Waals surface area contributed by atoms with Crippen molar-refractivity contribution in [3.05, 3.63) is 68.1 Å². The topological polar surface area (TPSA) is 66.9 Å². The van der Waals surface area contributed by atoms with Crippen LogP contribution in [0, 0.1) is 23.0 Å². The van der Waals surface area contributed by atoms with Crippen LogP contribution in [0.5, 0.6) is 0 Å². The van der Waals surface area contributed by atoms with Crippen LogP contribution in [0.3, 0.4) is 0 Å². The molecule has 0 bridgehead atoms. The molecule has 0 atom stereocenters. The summed E-state index contributed by atoms with van der Waals surface area (Å²) in [6.07, 6.45) is 0. The van der Waals surface area contributed by atoms with Gasteiger partial charge in [0.05, 0.1) is 11.1 Å². The molecule has 0 spiro atoms. The van der Waals surface area contributed by atoms with Gasteiger partial charge in [0.25, 0.3) is 5.91 Å². The Hall–Kier alpha value is -1.78.